The second-order valence-corrected chi connectivity index (χ2v) is 8.56. The van der Waals surface area contributed by atoms with Gasteiger partial charge in [-0.1, -0.05) is 23.7 Å². The van der Waals surface area contributed by atoms with Crippen molar-refractivity contribution in [2.75, 3.05) is 57.8 Å². The van der Waals surface area contributed by atoms with Crippen LogP contribution < -0.4 is 10.2 Å². The van der Waals surface area contributed by atoms with Crippen LogP contribution in [0.2, 0.25) is 5.02 Å². The maximum absolute atomic E-state index is 13.2. The predicted molar refractivity (Wildman–Crippen MR) is 106 cm³/mol. The molecule has 4 rings (SSSR count). The molecule has 0 aromatic heterocycles. The molecule has 26 heavy (non-hydrogen) atoms. The first-order chi connectivity index (χ1) is 12.6. The number of benzene rings is 1. The van der Waals surface area contributed by atoms with Crippen molar-refractivity contribution < 1.29 is 4.79 Å². The van der Waals surface area contributed by atoms with Gasteiger partial charge in [0.05, 0.1) is 16.8 Å². The van der Waals surface area contributed by atoms with Crippen molar-refractivity contribution in [3.8, 4) is 0 Å². The highest BCUT2D eigenvalue weighted by atomic mass is 35.5. The van der Waals surface area contributed by atoms with Crippen LogP contribution in [0.25, 0.3) is 0 Å². The second kappa shape index (κ2) is 7.37. The molecule has 0 radical (unpaired) electrons. The van der Waals surface area contributed by atoms with E-state index in [1.54, 1.807) is 0 Å². The average molecular weight is 377 g/mol. The van der Waals surface area contributed by atoms with Crippen molar-refractivity contribution in [2.45, 2.75) is 25.3 Å². The van der Waals surface area contributed by atoms with Crippen LogP contribution in [0.1, 0.15) is 19.3 Å². The van der Waals surface area contributed by atoms with Gasteiger partial charge < -0.3 is 15.1 Å². The van der Waals surface area contributed by atoms with E-state index >= 15 is 0 Å². The number of piperidine rings is 1. The van der Waals surface area contributed by atoms with E-state index < -0.39 is 0 Å². The van der Waals surface area contributed by atoms with Crippen molar-refractivity contribution in [1.82, 2.24) is 15.1 Å². The van der Waals surface area contributed by atoms with Crippen LogP contribution in [0.3, 0.4) is 0 Å². The maximum Gasteiger partial charge on any atom is 0.240 e. The molecule has 0 bridgehead atoms. The first kappa shape index (κ1) is 18.1. The summed E-state index contributed by atoms with van der Waals surface area (Å²) in [6.45, 7) is 6.50. The summed E-state index contributed by atoms with van der Waals surface area (Å²) < 4.78 is 0. The van der Waals surface area contributed by atoms with Crippen LogP contribution in [0, 0.1) is 5.41 Å². The lowest BCUT2D eigenvalue weighted by molar-refractivity contribution is -0.135. The number of piperazine rings is 1. The number of nitrogens with one attached hydrogen (secondary N) is 1. The van der Waals surface area contributed by atoms with Crippen LogP contribution in [-0.4, -0.2) is 74.6 Å². The maximum atomic E-state index is 13.2. The average Bonchev–Trinajstić information content (AvgIpc) is 2.98. The zero-order valence-corrected chi connectivity index (χ0v) is 16.3. The van der Waals surface area contributed by atoms with E-state index in [4.69, 9.17) is 11.6 Å². The van der Waals surface area contributed by atoms with Crippen LogP contribution in [0.15, 0.2) is 24.3 Å². The zero-order valence-electron chi connectivity index (χ0n) is 15.6. The Kier molecular flexibility index (Phi) is 5.13. The van der Waals surface area contributed by atoms with Crippen molar-refractivity contribution in [3.63, 3.8) is 0 Å². The molecule has 1 aromatic carbocycles. The molecule has 1 amide bonds. The van der Waals surface area contributed by atoms with E-state index in [1.807, 2.05) is 18.2 Å². The number of rotatable bonds is 2. The first-order valence-electron chi connectivity index (χ1n) is 9.77. The quantitative estimate of drug-likeness (QED) is 0.857. The molecule has 3 saturated heterocycles. The van der Waals surface area contributed by atoms with E-state index in [2.05, 4.69) is 33.1 Å². The Balaban J connectivity index is 1.37. The monoisotopic (exact) mass is 376 g/mol. The van der Waals surface area contributed by atoms with E-state index in [1.165, 1.54) is 12.8 Å². The number of likely N-dealkylation sites (tertiary alicyclic amines) is 1. The van der Waals surface area contributed by atoms with Crippen LogP contribution in [-0.2, 0) is 4.79 Å². The van der Waals surface area contributed by atoms with Gasteiger partial charge in [0.1, 0.15) is 0 Å². The summed E-state index contributed by atoms with van der Waals surface area (Å²) in [5.41, 5.74) is 1.42. The number of hydrogen-bond donors (Lipinski definition) is 1. The Morgan fingerprint density at radius 1 is 1.15 bits per heavy atom. The number of halogens is 1. The molecule has 0 unspecified atom stereocenters. The van der Waals surface area contributed by atoms with Crippen molar-refractivity contribution in [1.29, 1.82) is 0 Å². The standard InChI is InChI=1S/C20H29ClN4O/c1-23-15-20(6-8-22-9-7-20)14-18(23)19(26)25-12-10-24(11-13-25)17-5-3-2-4-16(17)21/h2-5,18,22H,6-15H2,1H3/t18-/m0/s1. The summed E-state index contributed by atoms with van der Waals surface area (Å²) >= 11 is 6.33. The minimum atomic E-state index is 0.0555. The first-order valence-corrected chi connectivity index (χ1v) is 10.2. The van der Waals surface area contributed by atoms with Gasteiger partial charge in [0.25, 0.3) is 0 Å². The Hall–Kier alpha value is -1.30. The van der Waals surface area contributed by atoms with Gasteiger partial charge in [-0.3, -0.25) is 9.69 Å². The molecule has 3 heterocycles. The number of hydrogen-bond acceptors (Lipinski definition) is 4. The van der Waals surface area contributed by atoms with Crippen LogP contribution >= 0.6 is 11.6 Å². The summed E-state index contributed by atoms with van der Waals surface area (Å²) in [4.78, 5) is 19.8. The second-order valence-electron chi connectivity index (χ2n) is 8.15. The van der Waals surface area contributed by atoms with Gasteiger partial charge >= 0.3 is 0 Å². The molecule has 1 N–H and O–H groups in total. The Labute approximate surface area is 161 Å². The topological polar surface area (TPSA) is 38.8 Å². The number of para-hydroxylation sites is 1. The van der Waals surface area contributed by atoms with Gasteiger partial charge in [0.2, 0.25) is 5.91 Å². The lowest BCUT2D eigenvalue weighted by atomic mass is 9.77. The molecule has 3 aliphatic heterocycles. The minimum absolute atomic E-state index is 0.0555. The smallest absolute Gasteiger partial charge is 0.240 e. The molecule has 1 atom stereocenters. The van der Waals surface area contributed by atoms with Crippen LogP contribution in [0.4, 0.5) is 5.69 Å². The fourth-order valence-electron chi connectivity index (χ4n) is 4.95. The molecule has 0 aliphatic carbocycles. The summed E-state index contributed by atoms with van der Waals surface area (Å²) in [6, 6.07) is 8.02. The highest BCUT2D eigenvalue weighted by molar-refractivity contribution is 6.33. The molecule has 6 heteroatoms. The molecule has 3 fully saturated rings. The van der Waals surface area contributed by atoms with Gasteiger partial charge in [-0.2, -0.15) is 0 Å². The minimum Gasteiger partial charge on any atom is -0.367 e. The number of carbonyl (C=O) groups excluding carboxylic acids is 1. The normalized spacial score (nSPS) is 26.5. The number of carbonyl (C=O) groups is 1. The molecule has 1 aromatic rings. The summed E-state index contributed by atoms with van der Waals surface area (Å²) in [6.07, 6.45) is 3.41. The number of anilines is 1. The van der Waals surface area contributed by atoms with Gasteiger partial charge in [0.15, 0.2) is 0 Å². The SMILES string of the molecule is CN1CC2(CCNCC2)C[C@H]1C(=O)N1CCN(c2ccccc2Cl)CC1. The van der Waals surface area contributed by atoms with Gasteiger partial charge in [-0.05, 0) is 56.9 Å². The van der Waals surface area contributed by atoms with E-state index in [0.717, 1.165) is 62.9 Å². The highest BCUT2D eigenvalue weighted by Gasteiger charge is 2.46. The van der Waals surface area contributed by atoms with Crippen molar-refractivity contribution in [3.05, 3.63) is 29.3 Å². The van der Waals surface area contributed by atoms with Crippen molar-refractivity contribution >= 4 is 23.2 Å². The third kappa shape index (κ3) is 3.45. The fourth-order valence-corrected chi connectivity index (χ4v) is 5.21. The van der Waals surface area contributed by atoms with Gasteiger partial charge in [0, 0.05) is 32.7 Å². The van der Waals surface area contributed by atoms with E-state index in [0.29, 0.717) is 11.3 Å². The highest BCUT2D eigenvalue weighted by Crippen LogP contribution is 2.41. The Bertz CT molecular complexity index is 653. The lowest BCUT2D eigenvalue weighted by Gasteiger charge is -2.38. The lowest BCUT2D eigenvalue weighted by Crippen LogP contribution is -2.53. The summed E-state index contributed by atoms with van der Waals surface area (Å²) in [5, 5.41) is 4.24. The number of amides is 1. The molecular formula is C20H29ClN4O. The Morgan fingerprint density at radius 2 is 1.85 bits per heavy atom. The van der Waals surface area contributed by atoms with Crippen LogP contribution in [0.5, 0.6) is 0 Å². The third-order valence-corrected chi connectivity index (χ3v) is 6.80. The summed E-state index contributed by atoms with van der Waals surface area (Å²) in [7, 11) is 2.12. The molecule has 1 spiro atoms. The van der Waals surface area contributed by atoms with Gasteiger partial charge in [-0.15, -0.1) is 0 Å². The Morgan fingerprint density at radius 3 is 2.54 bits per heavy atom. The molecule has 142 valence electrons. The number of nitrogens with zero attached hydrogens (tertiary/aromatic N) is 3. The fraction of sp³-hybridized carbons (Fsp3) is 0.650. The molecule has 3 aliphatic rings. The largest absolute Gasteiger partial charge is 0.367 e. The van der Waals surface area contributed by atoms with E-state index in [9.17, 15) is 4.79 Å². The van der Waals surface area contributed by atoms with E-state index in [-0.39, 0.29) is 6.04 Å². The van der Waals surface area contributed by atoms with Gasteiger partial charge in [-0.25, -0.2) is 0 Å². The van der Waals surface area contributed by atoms with Crippen molar-refractivity contribution in [2.24, 2.45) is 5.41 Å². The molecule has 0 saturated carbocycles. The number of likely N-dealkylation sites (N-methyl/N-ethyl adjacent to an activating group) is 1. The predicted octanol–water partition coefficient (Wildman–Crippen LogP) is 2.06. The summed E-state index contributed by atoms with van der Waals surface area (Å²) in [5.74, 6) is 0.321. The zero-order chi connectivity index (χ0) is 18.1. The molecular weight excluding hydrogens is 348 g/mol. The third-order valence-electron chi connectivity index (χ3n) is 6.48. The molecule has 5 nitrogen and oxygen atoms in total.